The summed E-state index contributed by atoms with van der Waals surface area (Å²) in [4.78, 5) is 30.4. The number of carbonyl (C=O) groups excluding carboxylic acids is 1. The van der Waals surface area contributed by atoms with Crippen LogP contribution >= 0.6 is 0 Å². The number of esters is 1. The Morgan fingerprint density at radius 1 is 1.21 bits per heavy atom. The Hall–Kier alpha value is -3.04. The van der Waals surface area contributed by atoms with Gasteiger partial charge in [0, 0.05) is 20.6 Å². The fourth-order valence-corrected chi connectivity index (χ4v) is 2.78. The lowest BCUT2D eigenvalue weighted by Gasteiger charge is -2.23. The van der Waals surface area contributed by atoms with Crippen LogP contribution in [0.2, 0.25) is 0 Å². The number of halogens is 3. The Labute approximate surface area is 165 Å². The van der Waals surface area contributed by atoms with Crippen LogP contribution in [-0.4, -0.2) is 35.8 Å². The molecule has 0 saturated heterocycles. The molecule has 0 unspecified atom stereocenters. The van der Waals surface area contributed by atoms with E-state index < -0.39 is 23.3 Å². The summed E-state index contributed by atoms with van der Waals surface area (Å²) in [5.74, 6) is -1.11. The van der Waals surface area contributed by atoms with Gasteiger partial charge in [0.15, 0.2) is 5.69 Å². The van der Waals surface area contributed by atoms with Gasteiger partial charge in [-0.15, -0.1) is 0 Å². The van der Waals surface area contributed by atoms with Crippen LogP contribution in [0.15, 0.2) is 29.1 Å². The second kappa shape index (κ2) is 8.97. The average Bonchev–Trinajstić information content (AvgIpc) is 2.65. The summed E-state index contributed by atoms with van der Waals surface area (Å²) in [7, 11) is 2.87. The number of hydrogen-bond donors (Lipinski definition) is 0. The normalized spacial score (nSPS) is 11.3. The third-order valence-electron chi connectivity index (χ3n) is 4.05. The lowest BCUT2D eigenvalue weighted by molar-refractivity contribution is -0.138. The van der Waals surface area contributed by atoms with Gasteiger partial charge in [-0.1, -0.05) is 18.2 Å². The largest absolute Gasteiger partial charge is 0.486 e. The van der Waals surface area contributed by atoms with Gasteiger partial charge in [0.25, 0.3) is 5.56 Å². The maximum Gasteiger partial charge on any atom is 0.416 e. The molecule has 10 heteroatoms. The van der Waals surface area contributed by atoms with E-state index in [0.717, 1.165) is 10.6 Å². The van der Waals surface area contributed by atoms with Gasteiger partial charge in [0.05, 0.1) is 18.8 Å². The molecular formula is C19H22F3N3O4. The number of rotatable bonds is 7. The van der Waals surface area contributed by atoms with Gasteiger partial charge in [0.2, 0.25) is 11.7 Å². The molecule has 0 radical (unpaired) electrons. The van der Waals surface area contributed by atoms with Crippen LogP contribution in [0.1, 0.15) is 35.5 Å². The van der Waals surface area contributed by atoms with Gasteiger partial charge in [-0.05, 0) is 25.5 Å². The highest BCUT2D eigenvalue weighted by atomic mass is 19.4. The first-order valence-corrected chi connectivity index (χ1v) is 8.88. The lowest BCUT2D eigenvalue weighted by atomic mass is 10.1. The lowest BCUT2D eigenvalue weighted by Crippen LogP contribution is -2.32. The first kappa shape index (κ1) is 22.3. The van der Waals surface area contributed by atoms with E-state index in [0.29, 0.717) is 0 Å². The Balaban J connectivity index is 2.52. The van der Waals surface area contributed by atoms with Gasteiger partial charge in [0.1, 0.15) is 0 Å². The molecule has 0 bridgehead atoms. The van der Waals surface area contributed by atoms with Gasteiger partial charge >= 0.3 is 12.1 Å². The molecule has 0 aliphatic heterocycles. The topological polar surface area (TPSA) is 73.7 Å². The molecule has 0 aliphatic carbocycles. The van der Waals surface area contributed by atoms with Crippen molar-refractivity contribution in [2.24, 2.45) is 7.05 Å². The van der Waals surface area contributed by atoms with E-state index in [1.165, 1.54) is 37.2 Å². The highest BCUT2D eigenvalue weighted by molar-refractivity contribution is 5.90. The van der Waals surface area contributed by atoms with E-state index in [1.54, 1.807) is 13.8 Å². The monoisotopic (exact) mass is 413 g/mol. The van der Waals surface area contributed by atoms with Gasteiger partial charge in [-0.2, -0.15) is 13.2 Å². The van der Waals surface area contributed by atoms with Gasteiger partial charge < -0.3 is 14.4 Å². The molecule has 2 rings (SSSR count). The van der Waals surface area contributed by atoms with E-state index in [-0.39, 0.29) is 42.7 Å². The number of benzene rings is 1. The predicted octanol–water partition coefficient (Wildman–Crippen LogP) is 3.01. The van der Waals surface area contributed by atoms with Crippen molar-refractivity contribution in [3.63, 3.8) is 0 Å². The second-order valence-electron chi connectivity index (χ2n) is 6.12. The van der Waals surface area contributed by atoms with Crippen LogP contribution in [0.4, 0.5) is 19.1 Å². The molecule has 1 heterocycles. The van der Waals surface area contributed by atoms with Crippen LogP contribution in [-0.2, 0) is 24.5 Å². The van der Waals surface area contributed by atoms with Crippen molar-refractivity contribution < 1.29 is 27.4 Å². The van der Waals surface area contributed by atoms with Crippen molar-refractivity contribution in [1.82, 2.24) is 9.55 Å². The number of hydrogen-bond acceptors (Lipinski definition) is 6. The summed E-state index contributed by atoms with van der Waals surface area (Å²) in [6, 6.07) is 5.12. The maximum absolute atomic E-state index is 13.3. The number of ether oxygens (including phenoxy) is 2. The summed E-state index contributed by atoms with van der Waals surface area (Å²) >= 11 is 0. The highest BCUT2D eigenvalue weighted by Gasteiger charge is 2.33. The van der Waals surface area contributed by atoms with E-state index in [2.05, 4.69) is 4.98 Å². The third kappa shape index (κ3) is 4.87. The number of alkyl halides is 3. The zero-order valence-electron chi connectivity index (χ0n) is 16.5. The van der Waals surface area contributed by atoms with Crippen LogP contribution in [0, 0.1) is 0 Å². The van der Waals surface area contributed by atoms with Crippen molar-refractivity contribution in [3.05, 3.63) is 51.4 Å². The van der Waals surface area contributed by atoms with Crippen molar-refractivity contribution in [2.75, 3.05) is 25.2 Å². The fourth-order valence-electron chi connectivity index (χ4n) is 2.78. The van der Waals surface area contributed by atoms with Crippen LogP contribution in [0.25, 0.3) is 0 Å². The maximum atomic E-state index is 13.3. The minimum absolute atomic E-state index is 0.00140. The highest BCUT2D eigenvalue weighted by Crippen LogP contribution is 2.32. The Morgan fingerprint density at radius 3 is 2.45 bits per heavy atom. The van der Waals surface area contributed by atoms with E-state index in [4.69, 9.17) is 9.47 Å². The smallest absolute Gasteiger partial charge is 0.416 e. The summed E-state index contributed by atoms with van der Waals surface area (Å²) < 4.78 is 51.1. The first-order valence-electron chi connectivity index (χ1n) is 8.88. The molecule has 158 valence electrons. The molecule has 0 aliphatic rings. The molecule has 0 amide bonds. The Kier molecular flexibility index (Phi) is 6.89. The SMILES string of the molecule is CCOC(=O)c1nc(N(C)Cc2ccccc2C(F)(F)F)n(C)c(=O)c1OCC. The van der Waals surface area contributed by atoms with Crippen molar-refractivity contribution in [2.45, 2.75) is 26.6 Å². The molecule has 1 aromatic heterocycles. The van der Waals surface area contributed by atoms with Crippen molar-refractivity contribution >= 4 is 11.9 Å². The van der Waals surface area contributed by atoms with E-state index >= 15 is 0 Å². The molecule has 0 fully saturated rings. The second-order valence-corrected chi connectivity index (χ2v) is 6.12. The summed E-state index contributed by atoms with van der Waals surface area (Å²) in [6.07, 6.45) is -4.52. The first-order chi connectivity index (χ1) is 13.6. The number of nitrogens with zero attached hydrogens (tertiary/aromatic N) is 3. The molecule has 2 aromatic rings. The molecule has 0 saturated carbocycles. The van der Waals surface area contributed by atoms with Crippen LogP contribution in [0.3, 0.4) is 0 Å². The molecule has 0 spiro atoms. The predicted molar refractivity (Wildman–Crippen MR) is 100 cm³/mol. The minimum atomic E-state index is -4.52. The molecule has 1 aromatic carbocycles. The number of aromatic nitrogens is 2. The van der Waals surface area contributed by atoms with Crippen molar-refractivity contribution in [3.8, 4) is 5.75 Å². The minimum Gasteiger partial charge on any atom is -0.486 e. The quantitative estimate of drug-likeness (QED) is 0.650. The summed E-state index contributed by atoms with van der Waals surface area (Å²) in [5.41, 5.74) is -1.74. The molecule has 0 N–H and O–H groups in total. The zero-order chi connectivity index (χ0) is 21.8. The number of anilines is 1. The standard InChI is InChI=1S/C19H22F3N3O4/c1-5-28-15-14(17(27)29-6-2)23-18(25(4)16(15)26)24(3)11-12-9-7-8-10-13(12)19(20,21)22/h7-10H,5-6,11H2,1-4H3. The zero-order valence-corrected chi connectivity index (χ0v) is 16.5. The fraction of sp³-hybridized carbons (Fsp3) is 0.421. The molecule has 29 heavy (non-hydrogen) atoms. The summed E-state index contributed by atoms with van der Waals surface area (Å²) in [5, 5.41) is 0. The Morgan fingerprint density at radius 2 is 1.86 bits per heavy atom. The third-order valence-corrected chi connectivity index (χ3v) is 4.05. The van der Waals surface area contributed by atoms with Gasteiger partial charge in [-0.3, -0.25) is 9.36 Å². The van der Waals surface area contributed by atoms with Crippen LogP contribution in [0.5, 0.6) is 5.75 Å². The number of carbonyl (C=O) groups is 1. The van der Waals surface area contributed by atoms with E-state index in [1.807, 2.05) is 0 Å². The van der Waals surface area contributed by atoms with Crippen molar-refractivity contribution in [1.29, 1.82) is 0 Å². The van der Waals surface area contributed by atoms with Gasteiger partial charge in [-0.25, -0.2) is 9.78 Å². The average molecular weight is 413 g/mol. The van der Waals surface area contributed by atoms with E-state index in [9.17, 15) is 22.8 Å². The molecule has 0 atom stereocenters. The molecule has 7 nitrogen and oxygen atoms in total. The molecular weight excluding hydrogens is 391 g/mol. The summed E-state index contributed by atoms with van der Waals surface area (Å²) in [6.45, 7) is 3.23. The Bertz CT molecular complexity index is 941. The van der Waals surface area contributed by atoms with Crippen LogP contribution < -0.4 is 15.2 Å².